The van der Waals surface area contributed by atoms with E-state index in [1.165, 1.54) is 0 Å². The molecule has 0 radical (unpaired) electrons. The summed E-state index contributed by atoms with van der Waals surface area (Å²) in [4.78, 5) is 0. The SMILES string of the molecule is CC(CC(C)(C)S)C(O)C(O)CCCCO. The van der Waals surface area contributed by atoms with Gasteiger partial charge in [-0.3, -0.25) is 0 Å². The van der Waals surface area contributed by atoms with E-state index < -0.39 is 12.2 Å². The Morgan fingerprint density at radius 1 is 1.19 bits per heavy atom. The molecule has 0 aliphatic carbocycles. The summed E-state index contributed by atoms with van der Waals surface area (Å²) in [5.41, 5.74) is 0. The van der Waals surface area contributed by atoms with Gasteiger partial charge in [0.1, 0.15) is 0 Å². The van der Waals surface area contributed by atoms with Crippen molar-refractivity contribution in [2.75, 3.05) is 6.61 Å². The first-order chi connectivity index (χ1) is 7.28. The van der Waals surface area contributed by atoms with Crippen LogP contribution in [0, 0.1) is 5.92 Å². The maximum atomic E-state index is 9.90. The van der Waals surface area contributed by atoms with Gasteiger partial charge < -0.3 is 15.3 Å². The molecule has 0 spiro atoms. The van der Waals surface area contributed by atoms with Crippen LogP contribution in [0.15, 0.2) is 0 Å². The molecule has 0 rings (SSSR count). The van der Waals surface area contributed by atoms with E-state index in [0.717, 1.165) is 12.8 Å². The van der Waals surface area contributed by atoms with Crippen LogP contribution < -0.4 is 0 Å². The smallest absolute Gasteiger partial charge is 0.0825 e. The van der Waals surface area contributed by atoms with Crippen LogP contribution in [0.25, 0.3) is 0 Å². The molecule has 0 saturated carbocycles. The van der Waals surface area contributed by atoms with E-state index in [1.54, 1.807) is 0 Å². The molecule has 0 aromatic heterocycles. The number of hydrogen-bond donors (Lipinski definition) is 4. The maximum Gasteiger partial charge on any atom is 0.0825 e. The molecule has 0 heterocycles. The highest BCUT2D eigenvalue weighted by Crippen LogP contribution is 2.26. The predicted molar refractivity (Wildman–Crippen MR) is 69.8 cm³/mol. The first-order valence-corrected chi connectivity index (χ1v) is 6.42. The van der Waals surface area contributed by atoms with E-state index in [0.29, 0.717) is 12.8 Å². The Balaban J connectivity index is 3.96. The van der Waals surface area contributed by atoms with Crippen LogP contribution in [0.2, 0.25) is 0 Å². The molecule has 3 unspecified atom stereocenters. The Bertz CT molecular complexity index is 180. The zero-order valence-electron chi connectivity index (χ0n) is 10.6. The molecule has 3 nitrogen and oxygen atoms in total. The number of thiol groups is 1. The predicted octanol–water partition coefficient (Wildman–Crippen LogP) is 1.61. The minimum absolute atomic E-state index is 0.0247. The molecule has 0 fully saturated rings. The van der Waals surface area contributed by atoms with Crippen molar-refractivity contribution in [3.63, 3.8) is 0 Å². The molecule has 3 atom stereocenters. The highest BCUT2D eigenvalue weighted by molar-refractivity contribution is 7.81. The Labute approximate surface area is 104 Å². The lowest BCUT2D eigenvalue weighted by Gasteiger charge is -2.28. The molecular weight excluding hydrogens is 224 g/mol. The van der Waals surface area contributed by atoms with Crippen molar-refractivity contribution in [1.82, 2.24) is 0 Å². The van der Waals surface area contributed by atoms with E-state index in [2.05, 4.69) is 12.6 Å². The van der Waals surface area contributed by atoms with Crippen LogP contribution in [-0.2, 0) is 0 Å². The van der Waals surface area contributed by atoms with Crippen molar-refractivity contribution in [3.05, 3.63) is 0 Å². The van der Waals surface area contributed by atoms with Crippen LogP contribution in [0.5, 0.6) is 0 Å². The molecular formula is C12H26O3S. The average molecular weight is 250 g/mol. The summed E-state index contributed by atoms with van der Waals surface area (Å²) in [6, 6.07) is 0. The van der Waals surface area contributed by atoms with Gasteiger partial charge in [0.25, 0.3) is 0 Å². The lowest BCUT2D eigenvalue weighted by molar-refractivity contribution is -0.0215. The van der Waals surface area contributed by atoms with Crippen molar-refractivity contribution in [2.24, 2.45) is 5.92 Å². The van der Waals surface area contributed by atoms with Crippen LogP contribution in [0.1, 0.15) is 46.5 Å². The van der Waals surface area contributed by atoms with Gasteiger partial charge in [-0.25, -0.2) is 0 Å². The van der Waals surface area contributed by atoms with Crippen LogP contribution in [-0.4, -0.2) is 38.9 Å². The normalized spacial score (nSPS) is 18.2. The zero-order valence-corrected chi connectivity index (χ0v) is 11.5. The van der Waals surface area contributed by atoms with Gasteiger partial charge in [0.05, 0.1) is 12.2 Å². The lowest BCUT2D eigenvalue weighted by atomic mass is 9.89. The number of rotatable bonds is 8. The average Bonchev–Trinajstić information content (AvgIpc) is 2.14. The van der Waals surface area contributed by atoms with Crippen LogP contribution >= 0.6 is 12.6 Å². The number of aliphatic hydroxyl groups is 3. The van der Waals surface area contributed by atoms with Gasteiger partial charge in [0, 0.05) is 11.4 Å². The van der Waals surface area contributed by atoms with Gasteiger partial charge in [-0.15, -0.1) is 0 Å². The van der Waals surface area contributed by atoms with Gasteiger partial charge in [-0.05, 0) is 31.6 Å². The second-order valence-corrected chi connectivity index (χ2v) is 6.48. The summed E-state index contributed by atoms with van der Waals surface area (Å²) in [6.45, 7) is 6.06. The largest absolute Gasteiger partial charge is 0.396 e. The Kier molecular flexibility index (Phi) is 7.64. The van der Waals surface area contributed by atoms with Crippen LogP contribution in [0.3, 0.4) is 0 Å². The third kappa shape index (κ3) is 7.49. The van der Waals surface area contributed by atoms with Crippen molar-refractivity contribution in [1.29, 1.82) is 0 Å². The maximum absolute atomic E-state index is 9.90. The molecule has 0 aromatic rings. The lowest BCUT2D eigenvalue weighted by Crippen LogP contribution is -2.34. The van der Waals surface area contributed by atoms with E-state index in [-0.39, 0.29) is 17.3 Å². The van der Waals surface area contributed by atoms with Crippen molar-refractivity contribution in [3.8, 4) is 0 Å². The van der Waals surface area contributed by atoms with Gasteiger partial charge in [-0.2, -0.15) is 12.6 Å². The summed E-state index contributed by atoms with van der Waals surface area (Å²) in [5.74, 6) is 0.0247. The molecule has 3 N–H and O–H groups in total. The Hall–Kier alpha value is 0.230. The first kappa shape index (κ1) is 16.2. The van der Waals surface area contributed by atoms with E-state index in [9.17, 15) is 10.2 Å². The van der Waals surface area contributed by atoms with Crippen molar-refractivity contribution < 1.29 is 15.3 Å². The molecule has 0 saturated heterocycles. The second kappa shape index (κ2) is 7.54. The molecule has 0 aliphatic heterocycles. The Morgan fingerprint density at radius 3 is 2.19 bits per heavy atom. The first-order valence-electron chi connectivity index (χ1n) is 5.97. The number of aliphatic hydroxyl groups excluding tert-OH is 3. The fourth-order valence-electron chi connectivity index (χ4n) is 1.92. The van der Waals surface area contributed by atoms with Gasteiger partial charge in [-0.1, -0.05) is 20.8 Å². The minimum atomic E-state index is -0.704. The zero-order chi connectivity index (χ0) is 12.8. The van der Waals surface area contributed by atoms with Gasteiger partial charge in [0.2, 0.25) is 0 Å². The molecule has 4 heteroatoms. The highest BCUT2D eigenvalue weighted by Gasteiger charge is 2.26. The molecule has 0 bridgehead atoms. The second-order valence-electron chi connectivity index (χ2n) is 5.27. The van der Waals surface area contributed by atoms with Crippen molar-refractivity contribution >= 4 is 12.6 Å². The molecule has 98 valence electrons. The van der Waals surface area contributed by atoms with Crippen molar-refractivity contribution in [2.45, 2.75) is 63.4 Å². The van der Waals surface area contributed by atoms with Gasteiger partial charge >= 0.3 is 0 Å². The topological polar surface area (TPSA) is 60.7 Å². The summed E-state index contributed by atoms with van der Waals surface area (Å²) < 4.78 is -0.134. The van der Waals surface area contributed by atoms with E-state index in [4.69, 9.17) is 5.11 Å². The summed E-state index contributed by atoms with van der Waals surface area (Å²) >= 11 is 4.42. The molecule has 0 aliphatic rings. The summed E-state index contributed by atoms with van der Waals surface area (Å²) in [7, 11) is 0. The quantitative estimate of drug-likeness (QED) is 0.391. The summed E-state index contributed by atoms with van der Waals surface area (Å²) in [6.07, 6.45) is 1.32. The highest BCUT2D eigenvalue weighted by atomic mass is 32.1. The third-order valence-electron chi connectivity index (χ3n) is 2.71. The van der Waals surface area contributed by atoms with Gasteiger partial charge in [0.15, 0.2) is 0 Å². The number of hydrogen-bond acceptors (Lipinski definition) is 4. The monoisotopic (exact) mass is 250 g/mol. The molecule has 16 heavy (non-hydrogen) atoms. The fraction of sp³-hybridized carbons (Fsp3) is 1.00. The third-order valence-corrected chi connectivity index (χ3v) is 2.89. The van der Waals surface area contributed by atoms with Crippen LogP contribution in [0.4, 0.5) is 0 Å². The molecule has 0 aromatic carbocycles. The summed E-state index contributed by atoms with van der Waals surface area (Å²) in [5, 5.41) is 28.3. The number of unbranched alkanes of at least 4 members (excludes halogenated alkanes) is 1. The standard InChI is InChI=1S/C12H26O3S/c1-9(8-12(2,3)16)11(15)10(14)6-4-5-7-13/h9-11,13-16H,4-8H2,1-3H3. The van der Waals surface area contributed by atoms with E-state index in [1.807, 2.05) is 20.8 Å². The molecule has 0 amide bonds. The van der Waals surface area contributed by atoms with E-state index >= 15 is 0 Å². The Morgan fingerprint density at radius 2 is 1.75 bits per heavy atom. The minimum Gasteiger partial charge on any atom is -0.396 e. The fourth-order valence-corrected chi connectivity index (χ4v) is 2.21.